The predicted molar refractivity (Wildman–Crippen MR) is 218 cm³/mol. The Bertz CT molecular complexity index is 1900. The summed E-state index contributed by atoms with van der Waals surface area (Å²) in [6, 6.07) is 15.3. The molecule has 55 heavy (non-hydrogen) atoms. The lowest BCUT2D eigenvalue weighted by atomic mass is 9.49. The Morgan fingerprint density at radius 3 is 2.16 bits per heavy atom. The van der Waals surface area contributed by atoms with Crippen LogP contribution in [0.2, 0.25) is 0 Å². The van der Waals surface area contributed by atoms with Crippen LogP contribution < -0.4 is 15.8 Å². The number of piperazine rings is 1. The van der Waals surface area contributed by atoms with Gasteiger partial charge >= 0.3 is 0 Å². The van der Waals surface area contributed by atoms with E-state index < -0.39 is 0 Å². The van der Waals surface area contributed by atoms with Crippen LogP contribution in [0, 0.1) is 43.9 Å². The van der Waals surface area contributed by atoms with Gasteiger partial charge in [0, 0.05) is 94.0 Å². The number of hydrogen-bond acceptors (Lipinski definition) is 6. The highest BCUT2D eigenvalue weighted by Gasteiger charge is 2.51. The average Bonchev–Trinajstić information content (AvgIpc) is 3.15. The van der Waals surface area contributed by atoms with Crippen molar-refractivity contribution in [3.8, 4) is 11.1 Å². The molecule has 9 nitrogen and oxygen atoms in total. The van der Waals surface area contributed by atoms with Crippen molar-refractivity contribution in [3.63, 3.8) is 0 Å². The van der Waals surface area contributed by atoms with Gasteiger partial charge in [-0.3, -0.25) is 19.3 Å². The first-order valence-electron chi connectivity index (χ1n) is 21.1. The Kier molecular flexibility index (Phi) is 11.0. The summed E-state index contributed by atoms with van der Waals surface area (Å²) in [4.78, 5) is 50.2. The topological polar surface area (TPSA) is 98.0 Å². The highest BCUT2D eigenvalue weighted by molar-refractivity contribution is 5.99. The van der Waals surface area contributed by atoms with Gasteiger partial charge in [-0.25, -0.2) is 0 Å². The van der Waals surface area contributed by atoms with Crippen LogP contribution >= 0.6 is 0 Å². The molecule has 1 aromatic heterocycles. The molecule has 9 heteroatoms. The number of H-pyrrole nitrogens is 1. The van der Waals surface area contributed by atoms with E-state index in [0.29, 0.717) is 28.5 Å². The molecule has 2 N–H and O–H groups in total. The van der Waals surface area contributed by atoms with Crippen LogP contribution in [-0.2, 0) is 22.6 Å². The zero-order valence-corrected chi connectivity index (χ0v) is 33.6. The zero-order chi connectivity index (χ0) is 38.3. The molecule has 4 saturated carbocycles. The number of amides is 2. The summed E-state index contributed by atoms with van der Waals surface area (Å²) >= 11 is 0. The number of ether oxygens (including phenoxy) is 1. The van der Waals surface area contributed by atoms with Crippen molar-refractivity contribution in [3.05, 3.63) is 86.3 Å². The first-order chi connectivity index (χ1) is 26.6. The van der Waals surface area contributed by atoms with E-state index in [2.05, 4.69) is 62.3 Å². The van der Waals surface area contributed by atoms with E-state index in [4.69, 9.17) is 4.74 Å². The van der Waals surface area contributed by atoms with Crippen molar-refractivity contribution in [1.82, 2.24) is 20.1 Å². The second kappa shape index (κ2) is 15.9. The fourth-order valence-electron chi connectivity index (χ4n) is 11.5. The van der Waals surface area contributed by atoms with Crippen molar-refractivity contribution in [1.29, 1.82) is 0 Å². The molecule has 6 aliphatic rings. The second-order valence-corrected chi connectivity index (χ2v) is 17.9. The number of nitrogens with zero attached hydrogens (tertiary/aromatic N) is 3. The quantitative estimate of drug-likeness (QED) is 0.216. The molecule has 6 fully saturated rings. The Hall–Kier alpha value is -3.95. The molecule has 3 aromatic rings. The summed E-state index contributed by atoms with van der Waals surface area (Å²) in [5, 5.41) is 3.07. The minimum Gasteiger partial charge on any atom is -0.381 e. The standard InChI is InChI=1S/C46H61N5O4/c1-5-51(39-10-16-55-17-11-39)42-23-38(22-40(32(42)4)44(53)47-28-41-30(2)18-31(3)48-45(41)54)37-8-6-33(7-9-37)29-49-12-14-50(15-13-49)43(52)27-46-24-34-19-35(25-46)21-36(20-34)26-46/h6-9,18,22-23,34-36,39H,5,10-17,19-21,24-29H2,1-4H3,(H,47,53)(H,48,54). The molecule has 0 unspecified atom stereocenters. The Labute approximate surface area is 327 Å². The number of carbonyl (C=O) groups is 2. The molecule has 294 valence electrons. The summed E-state index contributed by atoms with van der Waals surface area (Å²) in [5.74, 6) is 2.86. The van der Waals surface area contributed by atoms with E-state index in [1.54, 1.807) is 0 Å². The van der Waals surface area contributed by atoms with Crippen LogP contribution in [0.25, 0.3) is 11.1 Å². The smallest absolute Gasteiger partial charge is 0.253 e. The number of rotatable bonds is 11. The van der Waals surface area contributed by atoms with E-state index in [0.717, 1.165) is 123 Å². The van der Waals surface area contributed by atoms with Gasteiger partial charge in [-0.15, -0.1) is 0 Å². The monoisotopic (exact) mass is 747 g/mol. The van der Waals surface area contributed by atoms with Crippen molar-refractivity contribution in [2.45, 2.75) is 105 Å². The number of carbonyl (C=O) groups excluding carboxylic acids is 2. The molecule has 2 aromatic carbocycles. The van der Waals surface area contributed by atoms with Gasteiger partial charge < -0.3 is 24.8 Å². The maximum absolute atomic E-state index is 14.0. The Morgan fingerprint density at radius 2 is 1.55 bits per heavy atom. The van der Waals surface area contributed by atoms with Gasteiger partial charge in [-0.2, -0.15) is 0 Å². The van der Waals surface area contributed by atoms with Gasteiger partial charge in [-0.05, 0) is 148 Å². The largest absolute Gasteiger partial charge is 0.381 e. The van der Waals surface area contributed by atoms with Crippen LogP contribution in [0.1, 0.15) is 103 Å². The fourth-order valence-corrected chi connectivity index (χ4v) is 11.5. The highest BCUT2D eigenvalue weighted by atomic mass is 16.5. The number of anilines is 1. The lowest BCUT2D eigenvalue weighted by Crippen LogP contribution is -2.52. The van der Waals surface area contributed by atoms with Gasteiger partial charge in [0.05, 0.1) is 0 Å². The lowest BCUT2D eigenvalue weighted by molar-refractivity contribution is -0.141. The van der Waals surface area contributed by atoms with Crippen molar-refractivity contribution in [2.24, 2.45) is 23.2 Å². The zero-order valence-electron chi connectivity index (χ0n) is 33.6. The van der Waals surface area contributed by atoms with Gasteiger partial charge in [0.1, 0.15) is 0 Å². The molecule has 0 atom stereocenters. The van der Waals surface area contributed by atoms with Crippen LogP contribution in [0.4, 0.5) is 5.69 Å². The van der Waals surface area contributed by atoms with Gasteiger partial charge in [0.25, 0.3) is 11.5 Å². The summed E-state index contributed by atoms with van der Waals surface area (Å²) in [5.41, 5.74) is 8.33. The van der Waals surface area contributed by atoms with Crippen molar-refractivity contribution >= 4 is 17.5 Å². The average molecular weight is 748 g/mol. The summed E-state index contributed by atoms with van der Waals surface area (Å²) in [6.45, 7) is 14.8. The maximum Gasteiger partial charge on any atom is 0.253 e. The number of aromatic nitrogens is 1. The van der Waals surface area contributed by atoms with Crippen LogP contribution in [0.3, 0.4) is 0 Å². The molecule has 9 rings (SSSR count). The molecular formula is C46H61N5O4. The molecule has 2 saturated heterocycles. The number of aryl methyl sites for hydroxylation is 2. The lowest BCUT2D eigenvalue weighted by Gasteiger charge is -2.57. The first-order valence-corrected chi connectivity index (χ1v) is 21.1. The predicted octanol–water partition coefficient (Wildman–Crippen LogP) is 7.15. The third kappa shape index (κ3) is 8.15. The Balaban J connectivity index is 0.949. The van der Waals surface area contributed by atoms with E-state index in [1.807, 2.05) is 32.9 Å². The molecule has 4 bridgehead atoms. The van der Waals surface area contributed by atoms with Crippen molar-refractivity contribution in [2.75, 3.05) is 50.8 Å². The fraction of sp³-hybridized carbons (Fsp3) is 0.587. The number of hydrogen-bond donors (Lipinski definition) is 2. The van der Waals surface area contributed by atoms with Crippen LogP contribution in [0.5, 0.6) is 0 Å². The molecule has 4 aliphatic carbocycles. The maximum atomic E-state index is 14.0. The van der Waals surface area contributed by atoms with E-state index >= 15 is 0 Å². The molecule has 3 heterocycles. The third-order valence-electron chi connectivity index (χ3n) is 13.9. The van der Waals surface area contributed by atoms with E-state index in [1.165, 1.54) is 44.1 Å². The molecule has 0 spiro atoms. The minimum absolute atomic E-state index is 0.163. The van der Waals surface area contributed by atoms with Crippen LogP contribution in [-0.4, -0.2) is 78.6 Å². The Morgan fingerprint density at radius 1 is 0.891 bits per heavy atom. The van der Waals surface area contributed by atoms with Gasteiger partial charge in [0.15, 0.2) is 0 Å². The van der Waals surface area contributed by atoms with E-state index in [-0.39, 0.29) is 18.0 Å². The summed E-state index contributed by atoms with van der Waals surface area (Å²) in [7, 11) is 0. The second-order valence-electron chi connectivity index (χ2n) is 17.9. The van der Waals surface area contributed by atoms with Crippen molar-refractivity contribution < 1.29 is 14.3 Å². The van der Waals surface area contributed by atoms with Gasteiger partial charge in [-0.1, -0.05) is 24.3 Å². The number of aromatic amines is 1. The number of pyridine rings is 1. The molecule has 0 radical (unpaired) electrons. The van der Waals surface area contributed by atoms with Gasteiger partial charge in [0.2, 0.25) is 5.91 Å². The minimum atomic E-state index is -0.185. The number of benzene rings is 2. The molecule has 2 amide bonds. The molecular weight excluding hydrogens is 687 g/mol. The first kappa shape index (κ1) is 37.9. The summed E-state index contributed by atoms with van der Waals surface area (Å²) < 4.78 is 5.70. The number of nitrogens with one attached hydrogen (secondary N) is 2. The SMILES string of the molecule is CCN(c1cc(-c2ccc(CN3CCN(C(=O)CC45CC6CC(CC(C6)C4)C5)CC3)cc2)cc(C(=O)NCc2c(C)cc(C)[nH]c2=O)c1C)C1CCOCC1. The summed E-state index contributed by atoms with van der Waals surface area (Å²) in [6.07, 6.45) is 10.8. The third-order valence-corrected chi connectivity index (χ3v) is 13.9. The molecule has 2 aliphatic heterocycles. The van der Waals surface area contributed by atoms with Crippen LogP contribution in [0.15, 0.2) is 47.3 Å². The normalized spacial score (nSPS) is 25.3. The highest BCUT2D eigenvalue weighted by Crippen LogP contribution is 2.61. The van der Waals surface area contributed by atoms with E-state index in [9.17, 15) is 14.4 Å².